The number of likely N-dealkylation sites (N-methyl/N-ethyl adjacent to an activating group) is 1. The Bertz CT molecular complexity index is 506. The monoisotopic (exact) mass is 324 g/mol. The first kappa shape index (κ1) is 17.9. The molecule has 0 unspecified atom stereocenters. The number of amides is 1. The topological polar surface area (TPSA) is 23.6 Å². The van der Waals surface area contributed by atoms with E-state index in [2.05, 4.69) is 0 Å². The van der Waals surface area contributed by atoms with E-state index in [1.54, 1.807) is 4.90 Å². The zero-order valence-corrected chi connectivity index (χ0v) is 14.0. The fourth-order valence-electron chi connectivity index (χ4n) is 3.32. The minimum absolute atomic E-state index is 0.0265. The van der Waals surface area contributed by atoms with Crippen molar-refractivity contribution in [1.82, 2.24) is 9.80 Å². The summed E-state index contributed by atoms with van der Waals surface area (Å²) in [6.07, 6.45) is 4.20. The van der Waals surface area contributed by atoms with Crippen molar-refractivity contribution in [1.29, 1.82) is 0 Å². The summed E-state index contributed by atoms with van der Waals surface area (Å²) in [5, 5.41) is 0. The molecule has 1 aromatic carbocycles. The van der Waals surface area contributed by atoms with Gasteiger partial charge in [0.2, 0.25) is 5.91 Å². The van der Waals surface area contributed by atoms with Crippen molar-refractivity contribution in [3.8, 4) is 0 Å². The smallest absolute Gasteiger partial charge is 0.236 e. The molecule has 1 fully saturated rings. The lowest BCUT2D eigenvalue weighted by molar-refractivity contribution is -0.132. The van der Waals surface area contributed by atoms with Gasteiger partial charge in [-0.1, -0.05) is 18.9 Å². The van der Waals surface area contributed by atoms with E-state index in [4.69, 9.17) is 0 Å². The molecule has 0 bridgehead atoms. The molecule has 1 amide bonds. The van der Waals surface area contributed by atoms with Crippen LogP contribution in [0, 0.1) is 11.6 Å². The number of hydrogen-bond donors (Lipinski definition) is 0. The first-order valence-corrected chi connectivity index (χ1v) is 8.51. The Labute approximate surface area is 137 Å². The molecule has 0 atom stereocenters. The van der Waals surface area contributed by atoms with Crippen LogP contribution in [0.2, 0.25) is 0 Å². The van der Waals surface area contributed by atoms with Gasteiger partial charge in [0.25, 0.3) is 0 Å². The first-order chi connectivity index (χ1) is 11.1. The van der Waals surface area contributed by atoms with Gasteiger partial charge in [-0.3, -0.25) is 9.69 Å². The van der Waals surface area contributed by atoms with Gasteiger partial charge in [-0.15, -0.1) is 0 Å². The van der Waals surface area contributed by atoms with Gasteiger partial charge in [0.1, 0.15) is 11.6 Å². The number of nitrogens with zero attached hydrogens (tertiary/aromatic N) is 2. The second-order valence-electron chi connectivity index (χ2n) is 6.11. The average Bonchev–Trinajstić information content (AvgIpc) is 3.05. The summed E-state index contributed by atoms with van der Waals surface area (Å²) >= 11 is 0. The summed E-state index contributed by atoms with van der Waals surface area (Å²) in [6, 6.07) is 4.15. The molecule has 128 valence electrons. The second kappa shape index (κ2) is 8.39. The minimum atomic E-state index is -0.539. The molecule has 2 rings (SSSR count). The van der Waals surface area contributed by atoms with E-state index >= 15 is 0 Å². The highest BCUT2D eigenvalue weighted by molar-refractivity contribution is 5.78. The van der Waals surface area contributed by atoms with Crippen LogP contribution in [0.25, 0.3) is 0 Å². The Balaban J connectivity index is 2.16. The maximum atomic E-state index is 14.0. The Hall–Kier alpha value is -1.49. The molecule has 0 heterocycles. The molecule has 1 aromatic rings. The summed E-state index contributed by atoms with van der Waals surface area (Å²) < 4.78 is 27.9. The van der Waals surface area contributed by atoms with Crippen molar-refractivity contribution in [3.63, 3.8) is 0 Å². The summed E-state index contributed by atoms with van der Waals surface area (Å²) in [5.41, 5.74) is 0.0618. The molecular weight excluding hydrogens is 298 g/mol. The minimum Gasteiger partial charge on any atom is -0.342 e. The summed E-state index contributed by atoms with van der Waals surface area (Å²) in [5.74, 6) is -1.05. The number of carbonyl (C=O) groups excluding carboxylic acids is 1. The molecule has 23 heavy (non-hydrogen) atoms. The van der Waals surface area contributed by atoms with Gasteiger partial charge in [-0.05, 0) is 38.8 Å². The Morgan fingerprint density at radius 2 is 1.70 bits per heavy atom. The predicted molar refractivity (Wildman–Crippen MR) is 87.0 cm³/mol. The summed E-state index contributed by atoms with van der Waals surface area (Å²) in [6.45, 7) is 5.57. The number of benzene rings is 1. The zero-order valence-electron chi connectivity index (χ0n) is 14.0. The molecule has 0 aliphatic heterocycles. The van der Waals surface area contributed by atoms with Crippen LogP contribution in [-0.4, -0.2) is 41.4 Å². The van der Waals surface area contributed by atoms with E-state index in [1.165, 1.54) is 18.2 Å². The quantitative estimate of drug-likeness (QED) is 0.765. The maximum absolute atomic E-state index is 14.0. The average molecular weight is 324 g/mol. The van der Waals surface area contributed by atoms with Crippen molar-refractivity contribution < 1.29 is 13.6 Å². The maximum Gasteiger partial charge on any atom is 0.236 e. The van der Waals surface area contributed by atoms with Crippen molar-refractivity contribution in [3.05, 3.63) is 35.4 Å². The van der Waals surface area contributed by atoms with Gasteiger partial charge >= 0.3 is 0 Å². The van der Waals surface area contributed by atoms with Gasteiger partial charge in [-0.25, -0.2) is 8.78 Å². The van der Waals surface area contributed by atoms with E-state index in [-0.39, 0.29) is 30.6 Å². The molecule has 0 N–H and O–H groups in total. The van der Waals surface area contributed by atoms with Crippen molar-refractivity contribution in [2.24, 2.45) is 0 Å². The SMILES string of the molecule is CCN(CC)C(=O)CN(Cc1c(F)cccc1F)C1CCCC1. The van der Waals surface area contributed by atoms with Gasteiger partial charge in [0.05, 0.1) is 6.54 Å². The molecule has 0 aromatic heterocycles. The van der Waals surface area contributed by atoms with Crippen LogP contribution in [0.1, 0.15) is 45.1 Å². The third-order valence-electron chi connectivity index (χ3n) is 4.72. The van der Waals surface area contributed by atoms with Crippen molar-refractivity contribution in [2.75, 3.05) is 19.6 Å². The van der Waals surface area contributed by atoms with Gasteiger partial charge in [0.15, 0.2) is 0 Å². The van der Waals surface area contributed by atoms with Crippen LogP contribution in [0.4, 0.5) is 8.78 Å². The van der Waals surface area contributed by atoms with Gasteiger partial charge in [0, 0.05) is 31.2 Å². The summed E-state index contributed by atoms with van der Waals surface area (Å²) in [4.78, 5) is 16.1. The van der Waals surface area contributed by atoms with E-state index in [9.17, 15) is 13.6 Å². The molecule has 5 heteroatoms. The third-order valence-corrected chi connectivity index (χ3v) is 4.72. The van der Waals surface area contributed by atoms with Crippen LogP contribution < -0.4 is 0 Å². The van der Waals surface area contributed by atoms with E-state index < -0.39 is 11.6 Å². The lowest BCUT2D eigenvalue weighted by Crippen LogP contribution is -2.43. The molecular formula is C18H26F2N2O. The van der Waals surface area contributed by atoms with E-state index in [1.807, 2.05) is 18.7 Å². The largest absolute Gasteiger partial charge is 0.342 e. The molecule has 0 saturated heterocycles. The molecule has 0 spiro atoms. The van der Waals surface area contributed by atoms with Gasteiger partial charge in [-0.2, -0.15) is 0 Å². The standard InChI is InChI=1S/C18H26F2N2O/c1-3-21(4-2)18(23)13-22(14-8-5-6-9-14)12-15-16(19)10-7-11-17(15)20/h7,10-11,14H,3-6,8-9,12-13H2,1-2H3. The highest BCUT2D eigenvalue weighted by Gasteiger charge is 2.27. The zero-order chi connectivity index (χ0) is 16.8. The highest BCUT2D eigenvalue weighted by Crippen LogP contribution is 2.26. The van der Waals surface area contributed by atoms with E-state index in [0.717, 1.165) is 25.7 Å². The normalized spacial score (nSPS) is 15.3. The van der Waals surface area contributed by atoms with Crippen LogP contribution in [0.5, 0.6) is 0 Å². The lowest BCUT2D eigenvalue weighted by Gasteiger charge is -2.31. The Morgan fingerprint density at radius 3 is 2.22 bits per heavy atom. The van der Waals surface area contributed by atoms with Crippen LogP contribution in [0.3, 0.4) is 0 Å². The number of carbonyl (C=O) groups is 1. The first-order valence-electron chi connectivity index (χ1n) is 8.51. The molecule has 1 saturated carbocycles. The second-order valence-corrected chi connectivity index (χ2v) is 6.11. The fourth-order valence-corrected chi connectivity index (χ4v) is 3.32. The van der Waals surface area contributed by atoms with E-state index in [0.29, 0.717) is 13.1 Å². The third kappa shape index (κ3) is 4.50. The highest BCUT2D eigenvalue weighted by atomic mass is 19.1. The number of hydrogen-bond acceptors (Lipinski definition) is 2. The van der Waals surface area contributed by atoms with Crippen LogP contribution >= 0.6 is 0 Å². The van der Waals surface area contributed by atoms with Gasteiger partial charge < -0.3 is 4.90 Å². The molecule has 1 aliphatic carbocycles. The molecule has 3 nitrogen and oxygen atoms in total. The Kier molecular flexibility index (Phi) is 6.51. The molecule has 0 radical (unpaired) electrons. The Morgan fingerprint density at radius 1 is 1.13 bits per heavy atom. The number of rotatable bonds is 7. The van der Waals surface area contributed by atoms with Crippen LogP contribution in [0.15, 0.2) is 18.2 Å². The molecule has 1 aliphatic rings. The van der Waals surface area contributed by atoms with Crippen molar-refractivity contribution >= 4 is 5.91 Å². The number of halogens is 2. The predicted octanol–water partition coefficient (Wildman–Crippen LogP) is 3.58. The van der Waals surface area contributed by atoms with Crippen molar-refractivity contribution in [2.45, 2.75) is 52.1 Å². The van der Waals surface area contributed by atoms with Crippen LogP contribution in [-0.2, 0) is 11.3 Å². The summed E-state index contributed by atoms with van der Waals surface area (Å²) in [7, 11) is 0. The lowest BCUT2D eigenvalue weighted by atomic mass is 10.1. The fraction of sp³-hybridized carbons (Fsp3) is 0.611.